The molecule has 2 aromatic rings. The Morgan fingerprint density at radius 3 is 2.36 bits per heavy atom. The minimum Gasteiger partial charge on any atom is -0.382 e. The van der Waals surface area contributed by atoms with Crippen LogP contribution in [-0.4, -0.2) is 32.5 Å². The maximum absolute atomic E-state index is 6.20. The Balaban J connectivity index is 1.65. The van der Waals surface area contributed by atoms with Crippen LogP contribution in [0.1, 0.15) is 17.2 Å². The number of methoxy groups -OCH3 is 1. The first kappa shape index (κ1) is 17.6. The molecule has 0 radical (unpaired) electrons. The van der Waals surface area contributed by atoms with Gasteiger partial charge in [0.15, 0.2) is 0 Å². The van der Waals surface area contributed by atoms with E-state index in [1.807, 2.05) is 48.5 Å². The zero-order valence-electron chi connectivity index (χ0n) is 14.5. The van der Waals surface area contributed by atoms with Gasteiger partial charge in [-0.2, -0.15) is 0 Å². The van der Waals surface area contributed by atoms with Crippen LogP contribution in [0, 0.1) is 0 Å². The van der Waals surface area contributed by atoms with E-state index < -0.39 is 0 Å². The SMILES string of the molecule is C=C(COC1C=CC(c2ccccc2)OC1COC)c1ccccc1. The summed E-state index contributed by atoms with van der Waals surface area (Å²) in [7, 11) is 1.68. The molecule has 1 heterocycles. The van der Waals surface area contributed by atoms with Gasteiger partial charge in [-0.15, -0.1) is 0 Å². The van der Waals surface area contributed by atoms with Gasteiger partial charge in [-0.3, -0.25) is 0 Å². The third kappa shape index (κ3) is 4.67. The molecule has 0 saturated heterocycles. The van der Waals surface area contributed by atoms with Crippen molar-refractivity contribution in [1.29, 1.82) is 0 Å². The summed E-state index contributed by atoms with van der Waals surface area (Å²) >= 11 is 0. The molecular formula is C22H24O3. The molecule has 25 heavy (non-hydrogen) atoms. The van der Waals surface area contributed by atoms with E-state index in [4.69, 9.17) is 14.2 Å². The van der Waals surface area contributed by atoms with Crippen LogP contribution in [0.4, 0.5) is 0 Å². The molecule has 1 aliphatic rings. The zero-order valence-corrected chi connectivity index (χ0v) is 14.5. The lowest BCUT2D eigenvalue weighted by atomic mass is 10.0. The van der Waals surface area contributed by atoms with Crippen molar-refractivity contribution in [3.63, 3.8) is 0 Å². The van der Waals surface area contributed by atoms with Crippen molar-refractivity contribution in [2.75, 3.05) is 20.3 Å². The summed E-state index contributed by atoms with van der Waals surface area (Å²) in [4.78, 5) is 0. The van der Waals surface area contributed by atoms with Crippen molar-refractivity contribution in [3.05, 3.63) is 90.5 Å². The molecule has 2 aromatic carbocycles. The highest BCUT2D eigenvalue weighted by Gasteiger charge is 2.28. The van der Waals surface area contributed by atoms with E-state index in [0.717, 1.165) is 16.7 Å². The predicted molar refractivity (Wildman–Crippen MR) is 100 cm³/mol. The van der Waals surface area contributed by atoms with Gasteiger partial charge < -0.3 is 14.2 Å². The van der Waals surface area contributed by atoms with Gasteiger partial charge in [0.1, 0.15) is 18.3 Å². The topological polar surface area (TPSA) is 27.7 Å². The molecule has 0 bridgehead atoms. The lowest BCUT2D eigenvalue weighted by molar-refractivity contribution is -0.103. The highest BCUT2D eigenvalue weighted by molar-refractivity contribution is 5.63. The van der Waals surface area contributed by atoms with Crippen molar-refractivity contribution < 1.29 is 14.2 Å². The average Bonchev–Trinajstić information content (AvgIpc) is 2.68. The summed E-state index contributed by atoms with van der Waals surface area (Å²) in [5.74, 6) is 0. The van der Waals surface area contributed by atoms with Crippen LogP contribution in [0.5, 0.6) is 0 Å². The smallest absolute Gasteiger partial charge is 0.112 e. The van der Waals surface area contributed by atoms with Crippen LogP contribution in [-0.2, 0) is 14.2 Å². The van der Waals surface area contributed by atoms with E-state index in [1.165, 1.54) is 0 Å². The van der Waals surface area contributed by atoms with E-state index in [0.29, 0.717) is 13.2 Å². The fraction of sp³-hybridized carbons (Fsp3) is 0.273. The monoisotopic (exact) mass is 336 g/mol. The average molecular weight is 336 g/mol. The van der Waals surface area contributed by atoms with E-state index >= 15 is 0 Å². The maximum Gasteiger partial charge on any atom is 0.112 e. The molecule has 1 aliphatic heterocycles. The summed E-state index contributed by atoms with van der Waals surface area (Å²) in [6, 6.07) is 20.2. The number of ether oxygens (including phenoxy) is 3. The van der Waals surface area contributed by atoms with Gasteiger partial charge in [0.2, 0.25) is 0 Å². The van der Waals surface area contributed by atoms with Crippen LogP contribution < -0.4 is 0 Å². The van der Waals surface area contributed by atoms with Crippen molar-refractivity contribution >= 4 is 5.57 Å². The molecule has 3 atom stereocenters. The highest BCUT2D eigenvalue weighted by Crippen LogP contribution is 2.28. The molecule has 0 spiro atoms. The third-order valence-electron chi connectivity index (χ3n) is 4.25. The van der Waals surface area contributed by atoms with Gasteiger partial charge >= 0.3 is 0 Å². The van der Waals surface area contributed by atoms with Gasteiger partial charge in [-0.1, -0.05) is 79.4 Å². The first-order valence-electron chi connectivity index (χ1n) is 8.50. The fourth-order valence-electron chi connectivity index (χ4n) is 2.89. The quantitative estimate of drug-likeness (QED) is 0.700. The molecule has 130 valence electrons. The minimum absolute atomic E-state index is 0.0708. The van der Waals surface area contributed by atoms with Crippen LogP contribution in [0.25, 0.3) is 5.57 Å². The van der Waals surface area contributed by atoms with Crippen molar-refractivity contribution in [1.82, 2.24) is 0 Å². The van der Waals surface area contributed by atoms with Crippen LogP contribution in [0.2, 0.25) is 0 Å². The number of benzene rings is 2. The number of rotatable bonds is 7. The minimum atomic E-state index is -0.152. The Bertz CT molecular complexity index is 694. The Morgan fingerprint density at radius 2 is 1.68 bits per heavy atom. The Hall–Kier alpha value is -2.20. The van der Waals surface area contributed by atoms with Gasteiger partial charge in [-0.05, 0) is 16.7 Å². The molecule has 0 saturated carbocycles. The summed E-state index contributed by atoms with van der Waals surface area (Å²) in [5, 5.41) is 0. The van der Waals surface area contributed by atoms with Crippen LogP contribution >= 0.6 is 0 Å². The zero-order chi connectivity index (χ0) is 17.5. The molecule has 3 unspecified atom stereocenters. The van der Waals surface area contributed by atoms with Crippen LogP contribution in [0.3, 0.4) is 0 Å². The molecule has 0 aliphatic carbocycles. The summed E-state index contributed by atoms with van der Waals surface area (Å²) < 4.78 is 17.6. The number of hydrogen-bond acceptors (Lipinski definition) is 3. The van der Waals surface area contributed by atoms with Crippen molar-refractivity contribution in [2.24, 2.45) is 0 Å². The molecule has 0 N–H and O–H groups in total. The highest BCUT2D eigenvalue weighted by atomic mass is 16.6. The summed E-state index contributed by atoms with van der Waals surface area (Å²) in [6.07, 6.45) is 3.75. The van der Waals surface area contributed by atoms with Gasteiger partial charge in [0, 0.05) is 7.11 Å². The second-order valence-electron chi connectivity index (χ2n) is 6.09. The van der Waals surface area contributed by atoms with E-state index in [-0.39, 0.29) is 18.3 Å². The normalized spacial score (nSPS) is 22.7. The maximum atomic E-state index is 6.20. The predicted octanol–water partition coefficient (Wildman–Crippen LogP) is 4.43. The largest absolute Gasteiger partial charge is 0.382 e. The lowest BCUT2D eigenvalue weighted by Gasteiger charge is -2.32. The first-order chi connectivity index (χ1) is 12.3. The summed E-state index contributed by atoms with van der Waals surface area (Å²) in [5.41, 5.74) is 3.18. The molecule has 0 amide bonds. The first-order valence-corrected chi connectivity index (χ1v) is 8.50. The van der Waals surface area contributed by atoms with Gasteiger partial charge in [-0.25, -0.2) is 0 Å². The van der Waals surface area contributed by atoms with Crippen LogP contribution in [0.15, 0.2) is 79.4 Å². The van der Waals surface area contributed by atoms with Gasteiger partial charge in [0.05, 0.1) is 13.2 Å². The Kier molecular flexibility index (Phi) is 6.18. The molecule has 3 rings (SSSR count). The Labute approximate surface area is 149 Å². The second kappa shape index (κ2) is 8.77. The molecule has 3 nitrogen and oxygen atoms in total. The molecule has 3 heteroatoms. The van der Waals surface area contributed by atoms with E-state index in [2.05, 4.69) is 30.9 Å². The molecule has 0 aromatic heterocycles. The van der Waals surface area contributed by atoms with Crippen molar-refractivity contribution in [3.8, 4) is 0 Å². The Morgan fingerprint density at radius 1 is 1.00 bits per heavy atom. The van der Waals surface area contributed by atoms with Gasteiger partial charge in [0.25, 0.3) is 0 Å². The van der Waals surface area contributed by atoms with E-state index in [1.54, 1.807) is 7.11 Å². The third-order valence-corrected chi connectivity index (χ3v) is 4.25. The summed E-state index contributed by atoms with van der Waals surface area (Å²) in [6.45, 7) is 5.06. The lowest BCUT2D eigenvalue weighted by Crippen LogP contribution is -2.38. The van der Waals surface area contributed by atoms with E-state index in [9.17, 15) is 0 Å². The molecule has 0 fully saturated rings. The van der Waals surface area contributed by atoms with Crippen molar-refractivity contribution in [2.45, 2.75) is 18.3 Å². The second-order valence-corrected chi connectivity index (χ2v) is 6.09. The molecular weight excluding hydrogens is 312 g/mol. The standard InChI is InChI=1S/C22H24O3/c1-17(18-9-5-3-6-10-18)15-24-21-14-13-20(25-22(21)16-23-2)19-11-7-4-8-12-19/h3-14,20-22H,1,15-16H2,2H3. The number of hydrogen-bond donors (Lipinski definition) is 0. The fourth-order valence-corrected chi connectivity index (χ4v) is 2.89.